The Kier molecular flexibility index (Phi) is 11.6. The van der Waals surface area contributed by atoms with Gasteiger partial charge in [0.05, 0.1) is 6.42 Å². The number of carbonyl (C=O) groups is 3. The Morgan fingerprint density at radius 1 is 0.885 bits per heavy atom. The van der Waals surface area contributed by atoms with E-state index in [4.69, 9.17) is 10.2 Å². The fourth-order valence-electron chi connectivity index (χ4n) is 2.17. The number of rotatable bonds is 14. The monoisotopic (exact) mass is 390 g/mol. The van der Waals surface area contributed by atoms with Crippen molar-refractivity contribution in [2.24, 2.45) is 10.8 Å². The molecule has 8 heteroatoms. The van der Waals surface area contributed by atoms with Gasteiger partial charge in [-0.05, 0) is 23.0 Å². The summed E-state index contributed by atoms with van der Waals surface area (Å²) < 4.78 is 0. The van der Waals surface area contributed by atoms with Crippen LogP contribution in [0.5, 0.6) is 0 Å². The summed E-state index contributed by atoms with van der Waals surface area (Å²) in [6, 6.07) is 0. The molecule has 0 aromatic rings. The number of carboxylic acid groups (broad SMARTS) is 1. The number of thioether (sulfide) groups is 1. The molecular formula is C18H34N2O5S. The van der Waals surface area contributed by atoms with Gasteiger partial charge in [0.1, 0.15) is 0 Å². The summed E-state index contributed by atoms with van der Waals surface area (Å²) in [7, 11) is 0. The molecule has 0 fully saturated rings. The summed E-state index contributed by atoms with van der Waals surface area (Å²) in [5.41, 5.74) is -0.673. The van der Waals surface area contributed by atoms with Gasteiger partial charge in [-0.25, -0.2) is 0 Å². The standard InChI is InChI=1S/C18H34N2O5S/c1-17(2,12-16(24)25)6-9-26-10-8-20-14(22)5-7-19-15(23)11-18(3,4)13-21/h21H,5-13H2,1-4H3,(H,19,23)(H,20,22)(H,24,25). The van der Waals surface area contributed by atoms with E-state index in [1.165, 1.54) is 0 Å². The maximum atomic E-state index is 11.7. The number of nitrogens with one attached hydrogen (secondary N) is 2. The molecule has 0 atom stereocenters. The molecule has 0 rings (SSSR count). The molecule has 4 N–H and O–H groups in total. The van der Waals surface area contributed by atoms with Crippen molar-refractivity contribution in [1.82, 2.24) is 10.6 Å². The number of carbonyl (C=O) groups excluding carboxylic acids is 2. The summed E-state index contributed by atoms with van der Waals surface area (Å²) in [5, 5.41) is 23.4. The Bertz CT molecular complexity index is 466. The van der Waals surface area contributed by atoms with E-state index in [9.17, 15) is 14.4 Å². The largest absolute Gasteiger partial charge is 0.481 e. The smallest absolute Gasteiger partial charge is 0.303 e. The number of amides is 2. The number of aliphatic carboxylic acids is 1. The zero-order valence-corrected chi connectivity index (χ0v) is 17.2. The van der Waals surface area contributed by atoms with E-state index >= 15 is 0 Å². The first kappa shape index (κ1) is 24.7. The highest BCUT2D eigenvalue weighted by molar-refractivity contribution is 7.99. The zero-order chi connectivity index (χ0) is 20.2. The van der Waals surface area contributed by atoms with E-state index in [1.807, 2.05) is 13.8 Å². The quantitative estimate of drug-likeness (QED) is 0.335. The molecule has 0 aromatic heterocycles. The normalized spacial score (nSPS) is 11.9. The Labute approximate surface area is 160 Å². The summed E-state index contributed by atoms with van der Waals surface area (Å²) in [5.74, 6) is 0.563. The predicted molar refractivity (Wildman–Crippen MR) is 104 cm³/mol. The van der Waals surface area contributed by atoms with Gasteiger partial charge in [0.2, 0.25) is 11.8 Å². The highest BCUT2D eigenvalue weighted by Crippen LogP contribution is 2.26. The van der Waals surface area contributed by atoms with Crippen molar-refractivity contribution in [3.63, 3.8) is 0 Å². The average molecular weight is 391 g/mol. The minimum absolute atomic E-state index is 0.0634. The number of carboxylic acids is 1. The Morgan fingerprint density at radius 2 is 1.50 bits per heavy atom. The molecule has 0 radical (unpaired) electrons. The predicted octanol–water partition coefficient (Wildman–Crippen LogP) is 1.64. The molecule has 0 aliphatic carbocycles. The molecule has 0 bridgehead atoms. The van der Waals surface area contributed by atoms with Gasteiger partial charge >= 0.3 is 5.97 Å². The second-order valence-electron chi connectivity index (χ2n) is 8.05. The second-order valence-corrected chi connectivity index (χ2v) is 9.27. The fourth-order valence-corrected chi connectivity index (χ4v) is 3.32. The summed E-state index contributed by atoms with van der Waals surface area (Å²) >= 11 is 1.69. The van der Waals surface area contributed by atoms with Crippen LogP contribution in [-0.2, 0) is 14.4 Å². The van der Waals surface area contributed by atoms with E-state index in [0.717, 1.165) is 17.9 Å². The van der Waals surface area contributed by atoms with Gasteiger partial charge in [-0.15, -0.1) is 0 Å². The number of aliphatic hydroxyl groups is 1. The minimum Gasteiger partial charge on any atom is -0.481 e. The van der Waals surface area contributed by atoms with Crippen molar-refractivity contribution in [3.05, 3.63) is 0 Å². The molecule has 2 amide bonds. The number of hydrogen-bond acceptors (Lipinski definition) is 5. The third-order valence-corrected chi connectivity index (χ3v) is 4.85. The van der Waals surface area contributed by atoms with Gasteiger partial charge in [0.25, 0.3) is 0 Å². The van der Waals surface area contributed by atoms with Crippen LogP contribution in [0, 0.1) is 10.8 Å². The third-order valence-electron chi connectivity index (χ3n) is 3.86. The van der Waals surface area contributed by atoms with Crippen LogP contribution in [0.4, 0.5) is 0 Å². The van der Waals surface area contributed by atoms with Crippen molar-refractivity contribution in [2.75, 3.05) is 31.2 Å². The summed E-state index contributed by atoms with van der Waals surface area (Å²) in [4.78, 5) is 34.1. The lowest BCUT2D eigenvalue weighted by atomic mass is 9.87. The fraction of sp³-hybridized carbons (Fsp3) is 0.833. The van der Waals surface area contributed by atoms with Crippen LogP contribution in [0.25, 0.3) is 0 Å². The molecule has 0 aromatic carbocycles. The topological polar surface area (TPSA) is 116 Å². The van der Waals surface area contributed by atoms with Gasteiger partial charge in [-0.1, -0.05) is 27.7 Å². The number of hydrogen-bond donors (Lipinski definition) is 4. The van der Waals surface area contributed by atoms with Crippen LogP contribution >= 0.6 is 11.8 Å². The lowest BCUT2D eigenvalue weighted by Crippen LogP contribution is -2.34. The third kappa shape index (κ3) is 13.9. The van der Waals surface area contributed by atoms with E-state index in [-0.39, 0.29) is 49.6 Å². The van der Waals surface area contributed by atoms with Crippen LogP contribution in [0.2, 0.25) is 0 Å². The molecule has 26 heavy (non-hydrogen) atoms. The number of aliphatic hydroxyl groups excluding tert-OH is 1. The lowest BCUT2D eigenvalue weighted by molar-refractivity contribution is -0.139. The van der Waals surface area contributed by atoms with Crippen molar-refractivity contribution in [1.29, 1.82) is 0 Å². The van der Waals surface area contributed by atoms with Gasteiger partial charge in [0.15, 0.2) is 0 Å². The average Bonchev–Trinajstić information content (AvgIpc) is 2.48. The zero-order valence-electron chi connectivity index (χ0n) is 16.4. The first-order chi connectivity index (χ1) is 12.0. The molecule has 0 aliphatic rings. The Morgan fingerprint density at radius 3 is 2.08 bits per heavy atom. The highest BCUT2D eigenvalue weighted by atomic mass is 32.2. The van der Waals surface area contributed by atoms with E-state index in [1.54, 1.807) is 25.6 Å². The van der Waals surface area contributed by atoms with E-state index in [2.05, 4.69) is 10.6 Å². The van der Waals surface area contributed by atoms with Gasteiger partial charge < -0.3 is 20.8 Å². The molecule has 0 heterocycles. The summed E-state index contributed by atoms with van der Waals surface area (Å²) in [6.07, 6.45) is 1.42. The van der Waals surface area contributed by atoms with Crippen LogP contribution in [0.3, 0.4) is 0 Å². The van der Waals surface area contributed by atoms with E-state index < -0.39 is 11.4 Å². The van der Waals surface area contributed by atoms with Crippen LogP contribution in [-0.4, -0.2) is 59.2 Å². The second kappa shape index (κ2) is 12.2. The molecule has 0 saturated heterocycles. The SMILES string of the molecule is CC(C)(CCSCCNC(=O)CCNC(=O)CC(C)(C)CO)CC(=O)O. The molecular weight excluding hydrogens is 356 g/mol. The molecule has 0 unspecified atom stereocenters. The van der Waals surface area contributed by atoms with Crippen LogP contribution in [0.1, 0.15) is 53.4 Å². The molecule has 152 valence electrons. The molecule has 0 aliphatic heterocycles. The lowest BCUT2D eigenvalue weighted by Gasteiger charge is -2.21. The van der Waals surface area contributed by atoms with Gasteiger partial charge in [-0.3, -0.25) is 14.4 Å². The van der Waals surface area contributed by atoms with Crippen molar-refractivity contribution >= 4 is 29.5 Å². The molecule has 7 nitrogen and oxygen atoms in total. The minimum atomic E-state index is -0.778. The first-order valence-corrected chi connectivity index (χ1v) is 10.1. The summed E-state index contributed by atoms with van der Waals surface area (Å²) in [6.45, 7) is 8.27. The van der Waals surface area contributed by atoms with Gasteiger partial charge in [0, 0.05) is 38.3 Å². The highest BCUT2D eigenvalue weighted by Gasteiger charge is 2.21. The molecule has 0 saturated carbocycles. The van der Waals surface area contributed by atoms with E-state index in [0.29, 0.717) is 6.54 Å². The maximum Gasteiger partial charge on any atom is 0.303 e. The van der Waals surface area contributed by atoms with Crippen molar-refractivity contribution in [2.45, 2.75) is 53.4 Å². The van der Waals surface area contributed by atoms with Crippen molar-refractivity contribution in [3.8, 4) is 0 Å². The van der Waals surface area contributed by atoms with Crippen molar-refractivity contribution < 1.29 is 24.6 Å². The van der Waals surface area contributed by atoms with Gasteiger partial charge in [-0.2, -0.15) is 11.8 Å². The Balaban J connectivity index is 3.69. The Hall–Kier alpha value is -1.28. The van der Waals surface area contributed by atoms with Crippen LogP contribution < -0.4 is 10.6 Å². The molecule has 0 spiro atoms. The first-order valence-electron chi connectivity index (χ1n) is 8.91. The van der Waals surface area contributed by atoms with Crippen LogP contribution in [0.15, 0.2) is 0 Å². The maximum absolute atomic E-state index is 11.7.